The Kier molecular flexibility index (Phi) is 9.59. The number of nitrogens with zero attached hydrogens (tertiary/aromatic N) is 1. The predicted molar refractivity (Wildman–Crippen MR) is 179 cm³/mol. The Labute approximate surface area is 268 Å². The first-order valence-corrected chi connectivity index (χ1v) is 16.2. The number of carbonyl (C=O) groups is 4. The van der Waals surface area contributed by atoms with Gasteiger partial charge >= 0.3 is 0 Å². The quantitative estimate of drug-likeness (QED) is 0.216. The van der Waals surface area contributed by atoms with E-state index in [1.54, 1.807) is 0 Å². The number of amides is 4. The Bertz CT molecular complexity index is 1750. The van der Waals surface area contributed by atoms with Crippen LogP contribution in [0.15, 0.2) is 84.9 Å². The number of hydrogen-bond donors (Lipinski definition) is 4. The van der Waals surface area contributed by atoms with Crippen LogP contribution in [0, 0.1) is 5.92 Å². The highest BCUT2D eigenvalue weighted by molar-refractivity contribution is 5.95. The topological polar surface area (TPSA) is 134 Å². The van der Waals surface area contributed by atoms with Crippen molar-refractivity contribution in [2.75, 3.05) is 19.6 Å². The van der Waals surface area contributed by atoms with Gasteiger partial charge in [0.25, 0.3) is 0 Å². The largest absolute Gasteiger partial charge is 0.368 e. The lowest BCUT2D eigenvalue weighted by Gasteiger charge is -2.30. The van der Waals surface area contributed by atoms with Gasteiger partial charge in [-0.2, -0.15) is 0 Å². The number of benzene rings is 4. The van der Waals surface area contributed by atoms with Crippen LogP contribution in [-0.2, 0) is 32.0 Å². The second kappa shape index (κ2) is 14.1. The SMILES string of the molecule is NC(=O)C1CCCN1C(=O)C(Cc1ccc2ccccc2c1)NC(=O)[C@@H](Cc1ccc2ccccc2c1)NC(=O)C1CCNCC1. The van der Waals surface area contributed by atoms with Crippen molar-refractivity contribution >= 4 is 45.2 Å². The number of piperidine rings is 1. The highest BCUT2D eigenvalue weighted by Crippen LogP contribution is 2.22. The van der Waals surface area contributed by atoms with Gasteiger partial charge in [-0.1, -0.05) is 84.9 Å². The highest BCUT2D eigenvalue weighted by Gasteiger charge is 2.38. The molecular weight excluding hydrogens is 578 g/mol. The van der Waals surface area contributed by atoms with Crippen molar-refractivity contribution in [2.45, 2.75) is 56.7 Å². The summed E-state index contributed by atoms with van der Waals surface area (Å²) >= 11 is 0. The second-order valence-corrected chi connectivity index (χ2v) is 12.5. The second-order valence-electron chi connectivity index (χ2n) is 12.5. The number of nitrogens with one attached hydrogen (secondary N) is 3. The molecule has 9 heteroatoms. The summed E-state index contributed by atoms with van der Waals surface area (Å²) in [6.07, 6.45) is 3.03. The van der Waals surface area contributed by atoms with Crippen LogP contribution in [0.5, 0.6) is 0 Å². The Morgan fingerprint density at radius 1 is 0.739 bits per heavy atom. The average molecular weight is 620 g/mol. The third kappa shape index (κ3) is 7.21. The minimum atomic E-state index is -0.955. The Morgan fingerprint density at radius 2 is 1.30 bits per heavy atom. The third-order valence-corrected chi connectivity index (χ3v) is 9.33. The van der Waals surface area contributed by atoms with E-state index < -0.39 is 29.9 Å². The van der Waals surface area contributed by atoms with Crippen LogP contribution in [0.2, 0.25) is 0 Å². The smallest absolute Gasteiger partial charge is 0.246 e. The summed E-state index contributed by atoms with van der Waals surface area (Å²) < 4.78 is 0. The molecule has 0 saturated carbocycles. The van der Waals surface area contributed by atoms with Gasteiger partial charge in [0.15, 0.2) is 0 Å². The van der Waals surface area contributed by atoms with Crippen LogP contribution in [-0.4, -0.2) is 66.3 Å². The first kappa shape index (κ1) is 31.2. The van der Waals surface area contributed by atoms with Crippen LogP contribution in [0.1, 0.15) is 36.8 Å². The predicted octanol–water partition coefficient (Wildman–Crippen LogP) is 3.22. The van der Waals surface area contributed by atoms with Gasteiger partial charge in [0, 0.05) is 25.3 Å². The molecule has 2 aliphatic heterocycles. The van der Waals surface area contributed by atoms with E-state index in [-0.39, 0.29) is 30.6 Å². The molecule has 5 N–H and O–H groups in total. The molecule has 2 heterocycles. The third-order valence-electron chi connectivity index (χ3n) is 9.33. The Morgan fingerprint density at radius 3 is 1.89 bits per heavy atom. The molecule has 0 radical (unpaired) electrons. The van der Waals surface area contributed by atoms with Crippen LogP contribution >= 0.6 is 0 Å². The number of carbonyl (C=O) groups excluding carboxylic acids is 4. The Balaban J connectivity index is 1.28. The first-order chi connectivity index (χ1) is 22.4. The lowest BCUT2D eigenvalue weighted by atomic mass is 9.95. The molecule has 238 valence electrons. The summed E-state index contributed by atoms with van der Waals surface area (Å²) in [5.74, 6) is -1.69. The normalized spacial score (nSPS) is 18.3. The fourth-order valence-corrected chi connectivity index (χ4v) is 6.78. The molecule has 0 aliphatic carbocycles. The average Bonchev–Trinajstić information content (AvgIpc) is 3.58. The molecule has 46 heavy (non-hydrogen) atoms. The van der Waals surface area contributed by atoms with E-state index in [2.05, 4.69) is 16.0 Å². The van der Waals surface area contributed by atoms with Crippen molar-refractivity contribution in [3.8, 4) is 0 Å². The molecule has 4 amide bonds. The monoisotopic (exact) mass is 619 g/mol. The van der Waals surface area contributed by atoms with Crippen molar-refractivity contribution < 1.29 is 19.2 Å². The molecule has 4 aromatic rings. The molecule has 3 atom stereocenters. The molecule has 2 fully saturated rings. The number of nitrogens with two attached hydrogens (primary N) is 1. The van der Waals surface area contributed by atoms with Gasteiger partial charge in [-0.15, -0.1) is 0 Å². The molecule has 9 nitrogen and oxygen atoms in total. The summed E-state index contributed by atoms with van der Waals surface area (Å²) in [7, 11) is 0. The van der Waals surface area contributed by atoms with E-state index in [4.69, 9.17) is 5.73 Å². The molecular formula is C37H41N5O4. The summed E-state index contributed by atoms with van der Waals surface area (Å²) in [5, 5.41) is 13.5. The maximum Gasteiger partial charge on any atom is 0.246 e. The highest BCUT2D eigenvalue weighted by atomic mass is 16.2. The van der Waals surface area contributed by atoms with Gasteiger partial charge in [0.05, 0.1) is 0 Å². The molecule has 2 saturated heterocycles. The van der Waals surface area contributed by atoms with Crippen LogP contribution in [0.25, 0.3) is 21.5 Å². The van der Waals surface area contributed by atoms with E-state index >= 15 is 0 Å². The molecule has 2 unspecified atom stereocenters. The van der Waals surface area contributed by atoms with Gasteiger partial charge in [-0.05, 0) is 71.4 Å². The minimum Gasteiger partial charge on any atom is -0.368 e. The molecule has 2 aliphatic rings. The molecule has 0 bridgehead atoms. The maximum absolute atomic E-state index is 14.2. The van der Waals surface area contributed by atoms with Crippen LogP contribution in [0.3, 0.4) is 0 Å². The van der Waals surface area contributed by atoms with E-state index in [9.17, 15) is 19.2 Å². The summed E-state index contributed by atoms with van der Waals surface area (Å²) in [6, 6.07) is 25.4. The summed E-state index contributed by atoms with van der Waals surface area (Å²) in [4.78, 5) is 55.4. The number of hydrogen-bond acceptors (Lipinski definition) is 5. The minimum absolute atomic E-state index is 0.159. The number of primary amides is 1. The zero-order valence-electron chi connectivity index (χ0n) is 25.9. The molecule has 0 aromatic heterocycles. The standard InChI is InChI=1S/C37H41N5O4/c38-34(43)33-10-5-19-42(33)37(46)32(23-25-12-14-27-7-2-4-9-30(27)21-25)41-36(45)31(40-35(44)28-15-17-39-18-16-28)22-24-11-13-26-6-1-3-8-29(26)20-24/h1-4,6-9,11-14,20-21,28,31-33,39H,5,10,15-19,22-23H2,(H2,38,43)(H,40,44)(H,41,45)/t31-,32?,33?/m1/s1. The van der Waals surface area contributed by atoms with Crippen molar-refractivity contribution in [2.24, 2.45) is 11.7 Å². The Hall–Kier alpha value is -4.76. The van der Waals surface area contributed by atoms with E-state index in [0.29, 0.717) is 32.2 Å². The summed E-state index contributed by atoms with van der Waals surface area (Å²) in [5.41, 5.74) is 7.44. The van der Waals surface area contributed by atoms with Gasteiger partial charge in [0.1, 0.15) is 18.1 Å². The number of fused-ring (bicyclic) bond motifs is 2. The zero-order valence-corrected chi connectivity index (χ0v) is 25.9. The van der Waals surface area contributed by atoms with Gasteiger partial charge in [-0.25, -0.2) is 0 Å². The molecule has 6 rings (SSSR count). The van der Waals surface area contributed by atoms with Gasteiger partial charge in [0.2, 0.25) is 23.6 Å². The van der Waals surface area contributed by atoms with E-state index in [1.165, 1.54) is 4.90 Å². The summed E-state index contributed by atoms with van der Waals surface area (Å²) in [6.45, 7) is 1.89. The zero-order chi connectivity index (χ0) is 32.0. The van der Waals surface area contributed by atoms with Gasteiger partial charge in [-0.3, -0.25) is 19.2 Å². The van der Waals surface area contributed by atoms with E-state index in [1.807, 2.05) is 84.9 Å². The first-order valence-electron chi connectivity index (χ1n) is 16.2. The van der Waals surface area contributed by atoms with Crippen LogP contribution < -0.4 is 21.7 Å². The number of rotatable bonds is 10. The van der Waals surface area contributed by atoms with Crippen LogP contribution in [0.4, 0.5) is 0 Å². The van der Waals surface area contributed by atoms with Crippen molar-refractivity contribution in [1.82, 2.24) is 20.9 Å². The fourth-order valence-electron chi connectivity index (χ4n) is 6.78. The van der Waals surface area contributed by atoms with Gasteiger partial charge < -0.3 is 26.6 Å². The maximum atomic E-state index is 14.2. The van der Waals surface area contributed by atoms with E-state index in [0.717, 1.165) is 45.8 Å². The number of likely N-dealkylation sites (tertiary alicyclic amines) is 1. The molecule has 0 spiro atoms. The van der Waals surface area contributed by atoms with Crippen molar-refractivity contribution in [3.05, 3.63) is 96.1 Å². The lowest BCUT2D eigenvalue weighted by Crippen LogP contribution is -2.58. The van der Waals surface area contributed by atoms with Crippen molar-refractivity contribution in [3.63, 3.8) is 0 Å². The fraction of sp³-hybridized carbons (Fsp3) is 0.351. The van der Waals surface area contributed by atoms with Crippen molar-refractivity contribution in [1.29, 1.82) is 0 Å². The lowest BCUT2D eigenvalue weighted by molar-refractivity contribution is -0.141. The molecule has 4 aromatic carbocycles.